The Bertz CT molecular complexity index is 417. The topological polar surface area (TPSA) is 102 Å². The minimum Gasteiger partial charge on any atom is -0.379 e. The van der Waals surface area contributed by atoms with Gasteiger partial charge in [-0.1, -0.05) is 0 Å². The van der Waals surface area contributed by atoms with Crippen molar-refractivity contribution >= 4 is 24.0 Å². The highest BCUT2D eigenvalue weighted by Crippen LogP contribution is 2.03. The van der Waals surface area contributed by atoms with Crippen molar-refractivity contribution in [2.24, 2.45) is 0 Å². The third-order valence-electron chi connectivity index (χ3n) is 2.78. The number of carbonyl (C=O) groups is 4. The van der Waals surface area contributed by atoms with Gasteiger partial charge < -0.3 is 19.6 Å². The minimum absolute atomic E-state index is 0.0635. The summed E-state index contributed by atoms with van der Waals surface area (Å²) in [5.41, 5.74) is 0. The van der Waals surface area contributed by atoms with E-state index >= 15 is 0 Å². The van der Waals surface area contributed by atoms with Crippen molar-refractivity contribution in [3.05, 3.63) is 12.2 Å². The van der Waals surface area contributed by atoms with E-state index in [1.807, 2.05) is 0 Å². The summed E-state index contributed by atoms with van der Waals surface area (Å²) < 4.78 is 10.3. The zero-order chi connectivity index (χ0) is 16.2. The van der Waals surface area contributed by atoms with Crippen LogP contribution in [0.4, 0.5) is 0 Å². The molecule has 1 aliphatic rings. The summed E-state index contributed by atoms with van der Waals surface area (Å²) in [6.07, 6.45) is 3.59. The molecule has 122 valence electrons. The van der Waals surface area contributed by atoms with Crippen molar-refractivity contribution in [1.82, 2.24) is 10.2 Å². The summed E-state index contributed by atoms with van der Waals surface area (Å²) in [5, 5.41) is 2.63. The number of hydrogen-bond acceptors (Lipinski definition) is 6. The van der Waals surface area contributed by atoms with Crippen molar-refractivity contribution in [2.75, 3.05) is 39.5 Å². The van der Waals surface area contributed by atoms with Crippen molar-refractivity contribution in [3.8, 4) is 0 Å². The van der Waals surface area contributed by atoms with E-state index < -0.39 is 11.8 Å². The summed E-state index contributed by atoms with van der Waals surface area (Å²) in [6, 6.07) is 0. The molecule has 0 spiro atoms. The summed E-state index contributed by atoms with van der Waals surface area (Å²) in [4.78, 5) is 45.1. The number of carbonyl (C=O) groups excluding carboxylic acids is 4. The first-order chi connectivity index (χ1) is 10.6. The molecule has 0 saturated carbocycles. The van der Waals surface area contributed by atoms with Crippen LogP contribution >= 0.6 is 0 Å². The van der Waals surface area contributed by atoms with Crippen LogP contribution < -0.4 is 5.32 Å². The SMILES string of the molecule is O=CCCOCCOCCNC(=O)CCN1C(=O)C=CC1=O. The Hall–Kier alpha value is -2.06. The van der Waals surface area contributed by atoms with Gasteiger partial charge >= 0.3 is 0 Å². The molecular weight excluding hydrogens is 292 g/mol. The third kappa shape index (κ3) is 7.09. The Balaban J connectivity index is 1.94. The molecule has 0 saturated heterocycles. The average Bonchev–Trinajstić information content (AvgIpc) is 2.82. The van der Waals surface area contributed by atoms with Crippen LogP contribution in [-0.2, 0) is 28.7 Å². The maximum atomic E-state index is 11.5. The van der Waals surface area contributed by atoms with Gasteiger partial charge in [0.05, 0.1) is 26.4 Å². The number of aldehydes is 1. The van der Waals surface area contributed by atoms with Gasteiger partial charge in [-0.25, -0.2) is 0 Å². The van der Waals surface area contributed by atoms with Crippen LogP contribution in [0.15, 0.2) is 12.2 Å². The average molecular weight is 312 g/mol. The Labute approximate surface area is 128 Å². The molecule has 0 fully saturated rings. The van der Waals surface area contributed by atoms with E-state index in [4.69, 9.17) is 9.47 Å². The Morgan fingerprint density at radius 2 is 1.73 bits per heavy atom. The summed E-state index contributed by atoms with van der Waals surface area (Å²) in [6.45, 7) is 1.92. The van der Waals surface area contributed by atoms with E-state index in [-0.39, 0.29) is 18.9 Å². The first-order valence-electron chi connectivity index (χ1n) is 7.04. The normalized spacial score (nSPS) is 13.7. The van der Waals surface area contributed by atoms with Crippen LogP contribution in [0, 0.1) is 0 Å². The molecule has 0 atom stereocenters. The second kappa shape index (κ2) is 10.6. The fourth-order valence-electron chi connectivity index (χ4n) is 1.67. The van der Waals surface area contributed by atoms with Gasteiger partial charge in [-0.05, 0) is 0 Å². The molecule has 3 amide bonds. The second-order valence-corrected chi connectivity index (χ2v) is 4.44. The lowest BCUT2D eigenvalue weighted by atomic mass is 10.3. The predicted octanol–water partition coefficient (Wildman–Crippen LogP) is -0.960. The van der Waals surface area contributed by atoms with Crippen LogP contribution in [0.3, 0.4) is 0 Å². The maximum absolute atomic E-state index is 11.5. The largest absolute Gasteiger partial charge is 0.379 e. The zero-order valence-corrected chi connectivity index (χ0v) is 12.3. The molecule has 22 heavy (non-hydrogen) atoms. The first-order valence-corrected chi connectivity index (χ1v) is 7.04. The van der Waals surface area contributed by atoms with Crippen LogP contribution in [0.1, 0.15) is 12.8 Å². The predicted molar refractivity (Wildman–Crippen MR) is 75.8 cm³/mol. The highest BCUT2D eigenvalue weighted by Gasteiger charge is 2.23. The van der Waals surface area contributed by atoms with E-state index in [1.54, 1.807) is 0 Å². The molecule has 0 aromatic heterocycles. The zero-order valence-electron chi connectivity index (χ0n) is 12.3. The fraction of sp³-hybridized carbons (Fsp3) is 0.571. The summed E-state index contributed by atoms with van der Waals surface area (Å²) in [7, 11) is 0. The van der Waals surface area contributed by atoms with Gasteiger partial charge in [0.25, 0.3) is 11.8 Å². The number of amides is 3. The Kier molecular flexibility index (Phi) is 8.70. The molecule has 0 aromatic rings. The van der Waals surface area contributed by atoms with E-state index in [9.17, 15) is 19.2 Å². The molecule has 0 radical (unpaired) electrons. The van der Waals surface area contributed by atoms with Crippen LogP contribution in [0.5, 0.6) is 0 Å². The maximum Gasteiger partial charge on any atom is 0.253 e. The van der Waals surface area contributed by atoms with Crippen LogP contribution in [0.2, 0.25) is 0 Å². The number of ether oxygens (including phenoxy) is 2. The summed E-state index contributed by atoms with van der Waals surface area (Å²) in [5.74, 6) is -1.04. The van der Waals surface area contributed by atoms with E-state index in [0.717, 1.165) is 11.2 Å². The monoisotopic (exact) mass is 312 g/mol. The van der Waals surface area contributed by atoms with Crippen molar-refractivity contribution in [3.63, 3.8) is 0 Å². The van der Waals surface area contributed by atoms with Gasteiger partial charge in [0.2, 0.25) is 5.91 Å². The fourth-order valence-corrected chi connectivity index (χ4v) is 1.67. The number of rotatable bonds is 12. The van der Waals surface area contributed by atoms with Gasteiger partial charge in [0, 0.05) is 38.1 Å². The van der Waals surface area contributed by atoms with Gasteiger partial charge in [-0.2, -0.15) is 0 Å². The number of hydrogen-bond donors (Lipinski definition) is 1. The van der Waals surface area contributed by atoms with E-state index in [0.29, 0.717) is 39.4 Å². The van der Waals surface area contributed by atoms with Gasteiger partial charge in [-0.3, -0.25) is 19.3 Å². The molecule has 1 heterocycles. The quantitative estimate of drug-likeness (QED) is 0.283. The van der Waals surface area contributed by atoms with Crippen LogP contribution in [0.25, 0.3) is 0 Å². The van der Waals surface area contributed by atoms with Crippen molar-refractivity contribution in [1.29, 1.82) is 0 Å². The molecule has 8 heteroatoms. The minimum atomic E-state index is -0.393. The lowest BCUT2D eigenvalue weighted by Gasteiger charge is -2.13. The second-order valence-electron chi connectivity index (χ2n) is 4.44. The van der Waals surface area contributed by atoms with Gasteiger partial charge in [-0.15, -0.1) is 0 Å². The number of nitrogens with zero attached hydrogens (tertiary/aromatic N) is 1. The molecule has 1 rings (SSSR count). The first kappa shape index (κ1) is 18.0. The third-order valence-corrected chi connectivity index (χ3v) is 2.78. The lowest BCUT2D eigenvalue weighted by Crippen LogP contribution is -2.35. The molecule has 0 aliphatic carbocycles. The summed E-state index contributed by atoms with van der Waals surface area (Å²) >= 11 is 0. The lowest BCUT2D eigenvalue weighted by molar-refractivity contribution is -0.137. The standard InChI is InChI=1S/C14H20N2O6/c17-7-1-8-21-10-11-22-9-5-15-12(18)4-6-16-13(19)2-3-14(16)20/h2-3,7H,1,4-6,8-11H2,(H,15,18). The molecule has 0 unspecified atom stereocenters. The van der Waals surface area contributed by atoms with Crippen LogP contribution in [-0.4, -0.2) is 68.4 Å². The molecule has 0 aromatic carbocycles. The van der Waals surface area contributed by atoms with Gasteiger partial charge in [0.15, 0.2) is 0 Å². The molecule has 0 bridgehead atoms. The highest BCUT2D eigenvalue weighted by molar-refractivity contribution is 6.13. The number of imide groups is 1. The molecule has 1 N–H and O–H groups in total. The molecule has 1 aliphatic heterocycles. The number of nitrogens with one attached hydrogen (secondary N) is 1. The Morgan fingerprint density at radius 3 is 2.36 bits per heavy atom. The van der Waals surface area contributed by atoms with E-state index in [2.05, 4.69) is 5.32 Å². The van der Waals surface area contributed by atoms with Gasteiger partial charge in [0.1, 0.15) is 6.29 Å². The Morgan fingerprint density at radius 1 is 1.09 bits per heavy atom. The van der Waals surface area contributed by atoms with Crippen molar-refractivity contribution < 1.29 is 28.7 Å². The molecule has 8 nitrogen and oxygen atoms in total. The van der Waals surface area contributed by atoms with E-state index in [1.165, 1.54) is 12.2 Å². The molecular formula is C14H20N2O6. The van der Waals surface area contributed by atoms with Crippen molar-refractivity contribution in [2.45, 2.75) is 12.8 Å². The highest BCUT2D eigenvalue weighted by atomic mass is 16.5. The smallest absolute Gasteiger partial charge is 0.253 e.